The Labute approximate surface area is 110 Å². The predicted octanol–water partition coefficient (Wildman–Crippen LogP) is 1.21. The third-order valence-corrected chi connectivity index (χ3v) is 4.03. The average Bonchev–Trinajstić information content (AvgIpc) is 2.71. The summed E-state index contributed by atoms with van der Waals surface area (Å²) in [5.41, 5.74) is 0.533. The number of fused-ring (bicyclic) bond motifs is 1. The highest BCUT2D eigenvalue weighted by molar-refractivity contribution is 7.94. The van der Waals surface area contributed by atoms with Gasteiger partial charge in [-0.1, -0.05) is 0 Å². The van der Waals surface area contributed by atoms with Gasteiger partial charge in [-0.3, -0.25) is 0 Å². The molecule has 7 heteroatoms. The molecule has 1 aliphatic heterocycles. The molecular formula is C12H12O6S. The largest absolute Gasteiger partial charge is 0.496 e. The van der Waals surface area contributed by atoms with Crippen LogP contribution in [0, 0.1) is 0 Å². The first-order chi connectivity index (χ1) is 8.99. The van der Waals surface area contributed by atoms with Crippen molar-refractivity contribution in [3.05, 3.63) is 28.7 Å². The first-order valence-electron chi connectivity index (χ1n) is 5.31. The summed E-state index contributed by atoms with van der Waals surface area (Å²) in [4.78, 5) is 11.7. The highest BCUT2D eigenvalue weighted by Crippen LogP contribution is 2.35. The van der Waals surface area contributed by atoms with Gasteiger partial charge in [0.2, 0.25) is 9.84 Å². The lowest BCUT2D eigenvalue weighted by Gasteiger charge is -2.09. The van der Waals surface area contributed by atoms with Gasteiger partial charge < -0.3 is 14.2 Å². The Hall–Kier alpha value is -1.86. The number of carbonyl (C=O) groups excluding carboxylic acids is 1. The van der Waals surface area contributed by atoms with E-state index in [0.29, 0.717) is 11.3 Å². The predicted molar refractivity (Wildman–Crippen MR) is 66.5 cm³/mol. The van der Waals surface area contributed by atoms with E-state index in [0.717, 1.165) is 5.41 Å². The zero-order valence-electron chi connectivity index (χ0n) is 10.4. The van der Waals surface area contributed by atoms with Gasteiger partial charge in [0, 0.05) is 18.1 Å². The molecule has 0 unspecified atom stereocenters. The highest BCUT2D eigenvalue weighted by Gasteiger charge is 2.26. The normalized spacial score (nSPS) is 15.1. The number of rotatable bonds is 4. The third kappa shape index (κ3) is 2.47. The minimum atomic E-state index is -3.51. The van der Waals surface area contributed by atoms with Gasteiger partial charge in [-0.2, -0.15) is 0 Å². The van der Waals surface area contributed by atoms with Crippen LogP contribution < -0.4 is 4.74 Å². The van der Waals surface area contributed by atoms with Gasteiger partial charge in [0.1, 0.15) is 5.75 Å². The van der Waals surface area contributed by atoms with Gasteiger partial charge in [0.25, 0.3) is 0 Å². The summed E-state index contributed by atoms with van der Waals surface area (Å²) in [6.07, 6.45) is 1.44. The van der Waals surface area contributed by atoms with Crippen LogP contribution in [0.4, 0.5) is 0 Å². The van der Waals surface area contributed by atoms with Gasteiger partial charge >= 0.3 is 5.97 Å². The van der Waals surface area contributed by atoms with Crippen LogP contribution in [0.15, 0.2) is 22.4 Å². The molecule has 0 saturated carbocycles. The second-order valence-electron chi connectivity index (χ2n) is 3.78. The minimum Gasteiger partial charge on any atom is -0.496 e. The Morgan fingerprint density at radius 2 is 2.00 bits per heavy atom. The SMILES string of the molecule is COCOC(=O)c1cc(OC)c2c(c1)S(=O)(=O)C=C2. The number of sulfone groups is 1. The Morgan fingerprint density at radius 3 is 2.63 bits per heavy atom. The molecule has 0 radical (unpaired) electrons. The minimum absolute atomic E-state index is 0.0382. The van der Waals surface area contributed by atoms with Crippen molar-refractivity contribution in [3.8, 4) is 5.75 Å². The van der Waals surface area contributed by atoms with E-state index >= 15 is 0 Å². The lowest BCUT2D eigenvalue weighted by atomic mass is 10.1. The maximum atomic E-state index is 11.8. The molecule has 0 N–H and O–H groups in total. The first-order valence-corrected chi connectivity index (χ1v) is 6.85. The number of esters is 1. The van der Waals surface area contributed by atoms with E-state index in [2.05, 4.69) is 4.74 Å². The van der Waals surface area contributed by atoms with Crippen LogP contribution in [0.2, 0.25) is 0 Å². The molecule has 2 rings (SSSR count). The summed E-state index contributed by atoms with van der Waals surface area (Å²) >= 11 is 0. The molecule has 0 saturated heterocycles. The number of methoxy groups -OCH3 is 2. The first kappa shape index (κ1) is 13.6. The average molecular weight is 284 g/mol. The second-order valence-corrected chi connectivity index (χ2v) is 5.58. The molecule has 19 heavy (non-hydrogen) atoms. The summed E-state index contributed by atoms with van der Waals surface area (Å²) in [6, 6.07) is 2.70. The smallest absolute Gasteiger partial charge is 0.340 e. The van der Waals surface area contributed by atoms with E-state index in [-0.39, 0.29) is 17.3 Å². The van der Waals surface area contributed by atoms with Crippen LogP contribution in [-0.2, 0) is 19.3 Å². The lowest BCUT2D eigenvalue weighted by Crippen LogP contribution is -2.09. The lowest BCUT2D eigenvalue weighted by molar-refractivity contribution is -0.0125. The standard InChI is InChI=1S/C12H12O6S/c1-16-7-18-12(13)8-5-10(17-2)9-3-4-19(14,15)11(9)6-8/h3-6H,7H2,1-2H3. The van der Waals surface area contributed by atoms with Crippen LogP contribution in [0.25, 0.3) is 6.08 Å². The van der Waals surface area contributed by atoms with Crippen molar-refractivity contribution >= 4 is 21.9 Å². The molecule has 0 atom stereocenters. The number of hydrogen-bond donors (Lipinski definition) is 0. The topological polar surface area (TPSA) is 78.9 Å². The highest BCUT2D eigenvalue weighted by atomic mass is 32.2. The molecule has 6 nitrogen and oxygen atoms in total. The van der Waals surface area contributed by atoms with Crippen molar-refractivity contribution in [2.45, 2.75) is 4.90 Å². The van der Waals surface area contributed by atoms with E-state index in [1.54, 1.807) is 0 Å². The molecule has 0 fully saturated rings. The van der Waals surface area contributed by atoms with Crippen LogP contribution in [0.5, 0.6) is 5.75 Å². The van der Waals surface area contributed by atoms with Gasteiger partial charge in [0.05, 0.1) is 17.6 Å². The fraction of sp³-hybridized carbons (Fsp3) is 0.250. The van der Waals surface area contributed by atoms with E-state index in [1.165, 1.54) is 32.4 Å². The van der Waals surface area contributed by atoms with Crippen LogP contribution in [0.1, 0.15) is 15.9 Å². The molecule has 0 spiro atoms. The van der Waals surface area contributed by atoms with Crippen LogP contribution in [0.3, 0.4) is 0 Å². The van der Waals surface area contributed by atoms with Crippen molar-refractivity contribution in [2.24, 2.45) is 0 Å². The van der Waals surface area contributed by atoms with Crippen molar-refractivity contribution in [1.82, 2.24) is 0 Å². The maximum absolute atomic E-state index is 11.8. The molecule has 1 aromatic rings. The second kappa shape index (κ2) is 5.02. The molecule has 1 aliphatic rings. The van der Waals surface area contributed by atoms with E-state index in [9.17, 15) is 13.2 Å². The molecule has 0 bridgehead atoms. The number of carbonyl (C=O) groups is 1. The molecule has 102 valence electrons. The Bertz CT molecular complexity index is 644. The molecule has 0 amide bonds. The fourth-order valence-corrected chi connectivity index (χ4v) is 2.94. The fourth-order valence-electron chi connectivity index (χ4n) is 1.71. The molecule has 1 aromatic carbocycles. The summed E-state index contributed by atoms with van der Waals surface area (Å²) in [5.74, 6) is -0.371. The molecule has 1 heterocycles. The summed E-state index contributed by atoms with van der Waals surface area (Å²) in [5, 5.41) is 1.07. The van der Waals surface area contributed by atoms with Crippen molar-refractivity contribution in [2.75, 3.05) is 21.0 Å². The van der Waals surface area contributed by atoms with Crippen molar-refractivity contribution < 1.29 is 27.4 Å². The van der Waals surface area contributed by atoms with Crippen molar-refractivity contribution in [1.29, 1.82) is 0 Å². The van der Waals surface area contributed by atoms with Crippen LogP contribution >= 0.6 is 0 Å². The van der Waals surface area contributed by atoms with E-state index in [1.807, 2.05) is 0 Å². The summed E-state index contributed by atoms with van der Waals surface area (Å²) < 4.78 is 38.1. The summed E-state index contributed by atoms with van der Waals surface area (Å²) in [7, 11) is -0.733. The Balaban J connectivity index is 2.48. The molecule has 0 aromatic heterocycles. The number of ether oxygens (including phenoxy) is 3. The quantitative estimate of drug-likeness (QED) is 0.611. The zero-order valence-corrected chi connectivity index (χ0v) is 11.2. The summed E-state index contributed by atoms with van der Waals surface area (Å²) in [6.45, 7) is -0.205. The third-order valence-electron chi connectivity index (χ3n) is 2.59. The van der Waals surface area contributed by atoms with E-state index in [4.69, 9.17) is 9.47 Å². The van der Waals surface area contributed by atoms with Gasteiger partial charge in [0.15, 0.2) is 6.79 Å². The molecule has 0 aliphatic carbocycles. The van der Waals surface area contributed by atoms with Gasteiger partial charge in [-0.25, -0.2) is 13.2 Å². The van der Waals surface area contributed by atoms with Crippen LogP contribution in [-0.4, -0.2) is 35.4 Å². The monoisotopic (exact) mass is 284 g/mol. The Kier molecular flexibility index (Phi) is 3.59. The molecular weight excluding hydrogens is 272 g/mol. The van der Waals surface area contributed by atoms with Crippen molar-refractivity contribution in [3.63, 3.8) is 0 Å². The maximum Gasteiger partial charge on any atom is 0.340 e. The van der Waals surface area contributed by atoms with Gasteiger partial charge in [-0.05, 0) is 18.2 Å². The Morgan fingerprint density at radius 1 is 1.26 bits per heavy atom. The van der Waals surface area contributed by atoms with E-state index < -0.39 is 15.8 Å². The number of hydrogen-bond acceptors (Lipinski definition) is 6. The van der Waals surface area contributed by atoms with Gasteiger partial charge in [-0.15, -0.1) is 0 Å². The number of benzene rings is 1. The zero-order chi connectivity index (χ0) is 14.0.